The maximum atomic E-state index is 12.8. The Morgan fingerprint density at radius 3 is 1.95 bits per heavy atom. The number of phosphoric ester groups is 1. The Hall–Kier alpha value is -3.22. The lowest BCUT2D eigenvalue weighted by atomic mass is 9.90. The second-order valence-electron chi connectivity index (χ2n) is 16.5. The van der Waals surface area contributed by atoms with Crippen LogP contribution in [0.5, 0.6) is 0 Å². The van der Waals surface area contributed by atoms with Crippen molar-refractivity contribution in [1.29, 1.82) is 0 Å². The molecule has 0 heterocycles. The van der Waals surface area contributed by atoms with Crippen molar-refractivity contribution in [2.75, 3.05) is 47.5 Å². The van der Waals surface area contributed by atoms with Crippen LogP contribution in [-0.4, -0.2) is 103 Å². The van der Waals surface area contributed by atoms with Gasteiger partial charge in [-0.1, -0.05) is 118 Å². The number of hydrogen-bond acceptors (Lipinski definition) is 10. The van der Waals surface area contributed by atoms with E-state index in [1.54, 1.807) is 12.2 Å². The molecular weight excluding hydrogens is 797 g/mol. The molecule has 0 aromatic rings. The number of aliphatic hydroxyl groups excluding tert-OH is 2. The highest BCUT2D eigenvalue weighted by Gasteiger charge is 2.39. The van der Waals surface area contributed by atoms with Gasteiger partial charge < -0.3 is 29.1 Å². The maximum absolute atomic E-state index is 12.8. The van der Waals surface area contributed by atoms with Gasteiger partial charge in [0.15, 0.2) is 6.10 Å². The Balaban J connectivity index is 2.56. The number of ether oxygens (including phenoxy) is 2. The maximum Gasteiger partial charge on any atom is 0.472 e. The lowest BCUT2D eigenvalue weighted by Crippen LogP contribution is -2.37. The van der Waals surface area contributed by atoms with Gasteiger partial charge in [0, 0.05) is 31.1 Å². The Labute approximate surface area is 367 Å². The second-order valence-corrected chi connectivity index (χ2v) is 17.9. The van der Waals surface area contributed by atoms with Crippen molar-refractivity contribution >= 4 is 25.5 Å². The number of Topliss-reactive ketones (excluding diaryl/α,β-unsaturated/α-hetero) is 1. The molecule has 1 rings (SSSR count). The minimum Gasteiger partial charge on any atom is -0.462 e. The molecule has 6 atom stereocenters. The lowest BCUT2D eigenvalue weighted by Gasteiger charge is -2.24. The number of likely N-dealkylation sites (N-methyl/N-ethyl adjacent to an activating group) is 1. The molecule has 1 saturated carbocycles. The number of rotatable bonds is 35. The summed E-state index contributed by atoms with van der Waals surface area (Å²) in [6.07, 6.45) is 37.2. The van der Waals surface area contributed by atoms with Gasteiger partial charge in [-0.3, -0.25) is 23.4 Å². The fourth-order valence-corrected chi connectivity index (χ4v) is 6.95. The van der Waals surface area contributed by atoms with Gasteiger partial charge >= 0.3 is 19.8 Å². The van der Waals surface area contributed by atoms with E-state index in [9.17, 15) is 34.1 Å². The van der Waals surface area contributed by atoms with Gasteiger partial charge in [-0.15, -0.1) is 0 Å². The highest BCUT2D eigenvalue weighted by molar-refractivity contribution is 7.47. The molecule has 0 amide bonds. The Morgan fingerprint density at radius 1 is 0.787 bits per heavy atom. The van der Waals surface area contributed by atoms with Crippen LogP contribution >= 0.6 is 7.82 Å². The second kappa shape index (κ2) is 34.3. The summed E-state index contributed by atoms with van der Waals surface area (Å²) in [5.41, 5.74) is 0. The summed E-state index contributed by atoms with van der Waals surface area (Å²) in [7, 11) is 1.27. The largest absolute Gasteiger partial charge is 0.472 e. The van der Waals surface area contributed by atoms with E-state index in [1.807, 2.05) is 39.4 Å². The molecule has 13 heteroatoms. The van der Waals surface area contributed by atoms with Crippen molar-refractivity contribution < 1.29 is 57.1 Å². The van der Waals surface area contributed by atoms with Crippen molar-refractivity contribution in [2.45, 2.75) is 141 Å². The average Bonchev–Trinajstić information content (AvgIpc) is 3.47. The SMILES string of the molecule is CC/C=C\C/C=C\C/C=C\C/C=C\C/C=C\CCCC(=O)OC[C@H](COP(=O)(O)OCC[N+](C)(C)C)OC(=O)CCC/C=C\C[C@H]1[C@@H](O)CC(=O)[C@@H]1/C=C/[C@@H](O)CCCCC. The monoisotopic (exact) mass is 877 g/mol. The molecule has 0 bridgehead atoms. The van der Waals surface area contributed by atoms with Crippen LogP contribution in [0, 0.1) is 11.8 Å². The number of phosphoric acid groups is 1. The Kier molecular flexibility index (Phi) is 31.4. The predicted octanol–water partition coefficient (Wildman–Crippen LogP) is 9.38. The number of ketones is 1. The van der Waals surface area contributed by atoms with E-state index in [0.29, 0.717) is 49.6 Å². The van der Waals surface area contributed by atoms with Gasteiger partial charge in [0.1, 0.15) is 25.5 Å². The van der Waals surface area contributed by atoms with Gasteiger partial charge in [0.25, 0.3) is 0 Å². The zero-order valence-electron chi connectivity index (χ0n) is 37.8. The minimum atomic E-state index is -4.47. The third kappa shape index (κ3) is 31.3. The summed E-state index contributed by atoms with van der Waals surface area (Å²) in [5.74, 6) is -1.85. The Bertz CT molecular complexity index is 1480. The fourth-order valence-electron chi connectivity index (χ4n) is 6.21. The van der Waals surface area contributed by atoms with Crippen molar-refractivity contribution in [1.82, 2.24) is 0 Å². The van der Waals surface area contributed by atoms with E-state index in [-0.39, 0.29) is 44.2 Å². The summed E-state index contributed by atoms with van der Waals surface area (Å²) in [4.78, 5) is 48.1. The molecule has 0 spiro atoms. The van der Waals surface area contributed by atoms with Crippen LogP contribution in [0.1, 0.15) is 123 Å². The summed E-state index contributed by atoms with van der Waals surface area (Å²) >= 11 is 0. The van der Waals surface area contributed by atoms with Crippen LogP contribution in [0.2, 0.25) is 0 Å². The van der Waals surface area contributed by atoms with Crippen molar-refractivity contribution in [3.05, 3.63) is 85.1 Å². The number of aliphatic hydroxyl groups is 2. The number of nitrogens with zero attached hydrogens (tertiary/aromatic N) is 1. The van der Waals surface area contributed by atoms with Crippen LogP contribution in [0.25, 0.3) is 0 Å². The van der Waals surface area contributed by atoms with E-state index in [0.717, 1.165) is 51.4 Å². The number of hydrogen-bond donors (Lipinski definition) is 3. The minimum absolute atomic E-state index is 0.0300. The molecule has 1 aliphatic rings. The third-order valence-corrected chi connectivity index (χ3v) is 10.8. The van der Waals surface area contributed by atoms with E-state index >= 15 is 0 Å². The molecular formula is C48H79NO11P+. The standard InChI is InChI=1S/C48H78NO11P/c1-6-8-10-11-12-13-14-15-16-17-18-19-20-21-22-23-28-32-47(53)57-39-42(40-59-61(55,56)58-37-36-49(3,4)5)60-48(54)33-29-25-24-27-31-43-44(46(52)38-45(43)51)35-34-41(50)30-26-9-7-2/h8,10,12-13,15-16,18-19,21-22,24,27,34-35,41-45,50-51H,6-7,9,11,14,17,20,23,25-26,28-33,36-40H2,1-5H3/p+1/b10-8-,13-12-,16-15-,19-18-,22-21-,27-24-,35-34+/t41-,42+,43+,44+,45-/m0/s1. The smallest absolute Gasteiger partial charge is 0.462 e. The summed E-state index contributed by atoms with van der Waals surface area (Å²) in [6, 6.07) is 0. The first kappa shape index (κ1) is 55.8. The van der Waals surface area contributed by atoms with Gasteiger partial charge in [-0.25, -0.2) is 4.57 Å². The number of esters is 2. The number of quaternary nitrogens is 1. The van der Waals surface area contributed by atoms with Crippen molar-refractivity contribution in [3.63, 3.8) is 0 Å². The normalized spacial score (nSPS) is 19.8. The van der Waals surface area contributed by atoms with Gasteiger partial charge in [0.2, 0.25) is 0 Å². The quantitative estimate of drug-likeness (QED) is 0.0183. The molecule has 1 unspecified atom stereocenters. The van der Waals surface area contributed by atoms with Crippen molar-refractivity contribution in [2.24, 2.45) is 11.8 Å². The van der Waals surface area contributed by atoms with E-state index in [1.165, 1.54) is 0 Å². The highest BCUT2D eigenvalue weighted by atomic mass is 31.2. The third-order valence-electron chi connectivity index (χ3n) is 9.79. The summed E-state index contributed by atoms with van der Waals surface area (Å²) in [5, 5.41) is 20.8. The average molecular weight is 877 g/mol. The summed E-state index contributed by atoms with van der Waals surface area (Å²) < 4.78 is 34.2. The van der Waals surface area contributed by atoms with Crippen LogP contribution in [-0.2, 0) is 37.5 Å². The topological polar surface area (TPSA) is 166 Å². The van der Waals surface area contributed by atoms with Crippen LogP contribution in [0.4, 0.5) is 0 Å². The van der Waals surface area contributed by atoms with Crippen LogP contribution in [0.3, 0.4) is 0 Å². The van der Waals surface area contributed by atoms with Gasteiger partial charge in [-0.2, -0.15) is 0 Å². The molecule has 3 N–H and O–H groups in total. The lowest BCUT2D eigenvalue weighted by molar-refractivity contribution is -0.870. The zero-order valence-corrected chi connectivity index (χ0v) is 38.7. The molecule has 346 valence electrons. The van der Waals surface area contributed by atoms with E-state index in [4.69, 9.17) is 18.5 Å². The first-order valence-corrected chi connectivity index (χ1v) is 23.9. The molecule has 0 aromatic carbocycles. The number of carbonyl (C=O) groups excluding carboxylic acids is 3. The molecule has 0 aromatic heterocycles. The molecule has 1 aliphatic carbocycles. The number of allylic oxidation sites excluding steroid dienone is 13. The fraction of sp³-hybridized carbons (Fsp3) is 0.646. The predicted molar refractivity (Wildman–Crippen MR) is 243 cm³/mol. The molecule has 0 radical (unpaired) electrons. The summed E-state index contributed by atoms with van der Waals surface area (Å²) in [6.45, 7) is 3.79. The molecule has 1 fully saturated rings. The molecule has 61 heavy (non-hydrogen) atoms. The van der Waals surface area contributed by atoms with Crippen LogP contribution < -0.4 is 0 Å². The number of unbranched alkanes of at least 4 members (excludes halogenated alkanes) is 4. The first-order valence-electron chi connectivity index (χ1n) is 22.4. The highest BCUT2D eigenvalue weighted by Crippen LogP contribution is 2.43. The molecule has 0 aliphatic heterocycles. The first-order chi connectivity index (χ1) is 29.2. The van der Waals surface area contributed by atoms with Crippen LogP contribution in [0.15, 0.2) is 85.1 Å². The zero-order chi connectivity index (χ0) is 45.2. The molecule has 0 saturated heterocycles. The van der Waals surface area contributed by atoms with E-state index in [2.05, 4.69) is 68.5 Å². The van der Waals surface area contributed by atoms with Crippen molar-refractivity contribution in [3.8, 4) is 0 Å². The van der Waals surface area contributed by atoms with E-state index < -0.39 is 50.6 Å². The molecule has 12 nitrogen and oxygen atoms in total. The Morgan fingerprint density at radius 2 is 1.36 bits per heavy atom. The number of carbonyl (C=O) groups is 3. The van der Waals surface area contributed by atoms with Gasteiger partial charge in [0.05, 0.1) is 40.0 Å². The van der Waals surface area contributed by atoms with Gasteiger partial charge in [-0.05, 0) is 70.6 Å².